The SMILES string of the molecule is CCCCCCCCCCCCCCCCCCO[P+](=O)OC(c1ccc(O)cc1)C(C)(C)C. The van der Waals surface area contributed by atoms with Crippen molar-refractivity contribution in [2.24, 2.45) is 5.41 Å². The third kappa shape index (κ3) is 15.8. The van der Waals surface area contributed by atoms with Gasteiger partial charge in [0.1, 0.15) is 18.5 Å². The first-order valence-corrected chi connectivity index (χ1v) is 15.0. The first kappa shape index (κ1) is 31.1. The maximum Gasteiger partial charge on any atom is 0.698 e. The van der Waals surface area contributed by atoms with E-state index in [-0.39, 0.29) is 17.3 Å². The highest BCUT2D eigenvalue weighted by Gasteiger charge is 2.37. The molecule has 0 radical (unpaired) electrons. The molecule has 0 aliphatic rings. The zero-order valence-electron chi connectivity index (χ0n) is 22.5. The molecule has 0 saturated heterocycles. The molecule has 0 aromatic heterocycles. The van der Waals surface area contributed by atoms with Crippen LogP contribution in [0.4, 0.5) is 0 Å². The Hall–Kier alpha value is -0.960. The smallest absolute Gasteiger partial charge is 0.508 e. The highest BCUT2D eigenvalue weighted by Crippen LogP contribution is 2.43. The predicted octanol–water partition coefficient (Wildman–Crippen LogP) is 10.4. The van der Waals surface area contributed by atoms with E-state index >= 15 is 0 Å². The number of aromatic hydroxyl groups is 1. The van der Waals surface area contributed by atoms with Gasteiger partial charge in [-0.25, -0.2) is 0 Å². The molecule has 2 atom stereocenters. The minimum atomic E-state index is -2.17. The van der Waals surface area contributed by atoms with Gasteiger partial charge < -0.3 is 5.11 Å². The fourth-order valence-corrected chi connectivity index (χ4v) is 5.22. The van der Waals surface area contributed by atoms with Crippen molar-refractivity contribution in [2.45, 2.75) is 137 Å². The molecule has 0 aliphatic heterocycles. The second-order valence-corrected chi connectivity index (χ2v) is 11.7. The molecule has 1 aromatic carbocycles. The Bertz CT molecular complexity index is 624. The summed E-state index contributed by atoms with van der Waals surface area (Å²) in [4.78, 5) is 0. The van der Waals surface area contributed by atoms with Crippen LogP contribution >= 0.6 is 8.25 Å². The average Bonchev–Trinajstić information content (AvgIpc) is 2.79. The maximum atomic E-state index is 12.4. The molecule has 4 nitrogen and oxygen atoms in total. The molecule has 34 heavy (non-hydrogen) atoms. The second kappa shape index (κ2) is 19.3. The quantitative estimate of drug-likeness (QED) is 0.136. The summed E-state index contributed by atoms with van der Waals surface area (Å²) in [7, 11) is -2.17. The highest BCUT2D eigenvalue weighted by atomic mass is 31.1. The van der Waals surface area contributed by atoms with Crippen LogP contribution < -0.4 is 0 Å². The molecule has 1 aromatic rings. The fourth-order valence-electron chi connectivity index (χ4n) is 4.27. The lowest BCUT2D eigenvalue weighted by atomic mass is 9.85. The average molecular weight is 496 g/mol. The van der Waals surface area contributed by atoms with E-state index in [0.29, 0.717) is 6.61 Å². The van der Waals surface area contributed by atoms with Gasteiger partial charge in [-0.1, -0.05) is 136 Å². The lowest BCUT2D eigenvalue weighted by Gasteiger charge is -2.25. The number of rotatable bonds is 21. The van der Waals surface area contributed by atoms with Crippen molar-refractivity contribution in [1.29, 1.82) is 0 Å². The van der Waals surface area contributed by atoms with Gasteiger partial charge in [0.25, 0.3) is 0 Å². The van der Waals surface area contributed by atoms with Gasteiger partial charge in [-0.3, -0.25) is 0 Å². The topological polar surface area (TPSA) is 55.8 Å². The molecule has 0 amide bonds. The Kier molecular flexibility index (Phi) is 17.6. The van der Waals surface area contributed by atoms with Crippen LogP contribution in [-0.4, -0.2) is 11.7 Å². The molecule has 196 valence electrons. The van der Waals surface area contributed by atoms with E-state index in [4.69, 9.17) is 9.05 Å². The second-order valence-electron chi connectivity index (χ2n) is 10.8. The third-order valence-electron chi connectivity index (χ3n) is 6.37. The standard InChI is InChI=1S/C29H51O4P/c1-5-6-7-8-9-10-11-12-13-14-15-16-17-18-19-20-25-32-34(31)33-28(29(2,3)4)26-21-23-27(30)24-22-26/h21-24,28H,5-20,25H2,1-4H3/p+1. The Labute approximate surface area is 211 Å². The first-order valence-electron chi connectivity index (χ1n) is 13.9. The fraction of sp³-hybridized carbons (Fsp3) is 0.793. The van der Waals surface area contributed by atoms with Crippen molar-refractivity contribution in [3.8, 4) is 5.75 Å². The summed E-state index contributed by atoms with van der Waals surface area (Å²) in [6.07, 6.45) is 20.9. The maximum absolute atomic E-state index is 12.4. The van der Waals surface area contributed by atoms with Crippen LogP contribution in [0, 0.1) is 5.41 Å². The molecule has 1 N–H and O–H groups in total. The minimum Gasteiger partial charge on any atom is -0.508 e. The summed E-state index contributed by atoms with van der Waals surface area (Å²) in [5, 5.41) is 9.52. The largest absolute Gasteiger partial charge is 0.698 e. The molecule has 0 aliphatic carbocycles. The number of benzene rings is 1. The summed E-state index contributed by atoms with van der Waals surface area (Å²) in [5.41, 5.74) is 0.652. The predicted molar refractivity (Wildman–Crippen MR) is 144 cm³/mol. The van der Waals surface area contributed by atoms with Gasteiger partial charge >= 0.3 is 8.25 Å². The van der Waals surface area contributed by atoms with Crippen molar-refractivity contribution in [3.63, 3.8) is 0 Å². The number of hydrogen-bond acceptors (Lipinski definition) is 4. The monoisotopic (exact) mass is 495 g/mol. The normalized spacial score (nSPS) is 13.2. The number of phenolic OH excluding ortho intramolecular Hbond substituents is 1. The van der Waals surface area contributed by atoms with E-state index in [9.17, 15) is 9.67 Å². The van der Waals surface area contributed by atoms with Gasteiger partial charge in [-0.2, -0.15) is 0 Å². The number of phenols is 1. The van der Waals surface area contributed by atoms with Crippen molar-refractivity contribution in [2.75, 3.05) is 6.61 Å². The van der Waals surface area contributed by atoms with Gasteiger partial charge in [0, 0.05) is 4.57 Å². The molecular formula is C29H52O4P+. The molecule has 0 saturated carbocycles. The number of hydrogen-bond donors (Lipinski definition) is 1. The Morgan fingerprint density at radius 2 is 1.15 bits per heavy atom. The van der Waals surface area contributed by atoms with Crippen LogP contribution in [-0.2, 0) is 13.6 Å². The van der Waals surface area contributed by atoms with Crippen LogP contribution in [0.2, 0.25) is 0 Å². The van der Waals surface area contributed by atoms with Gasteiger partial charge in [0.05, 0.1) is 0 Å². The van der Waals surface area contributed by atoms with Crippen LogP contribution in [0.3, 0.4) is 0 Å². The Morgan fingerprint density at radius 3 is 1.56 bits per heavy atom. The van der Waals surface area contributed by atoms with Gasteiger partial charge in [-0.15, -0.1) is 9.05 Å². The van der Waals surface area contributed by atoms with Crippen molar-refractivity contribution < 1.29 is 18.7 Å². The summed E-state index contributed by atoms with van der Waals surface area (Å²) < 4.78 is 23.6. The first-order chi connectivity index (χ1) is 16.3. The van der Waals surface area contributed by atoms with Crippen molar-refractivity contribution >= 4 is 8.25 Å². The van der Waals surface area contributed by atoms with E-state index in [1.54, 1.807) is 12.1 Å². The lowest BCUT2D eigenvalue weighted by molar-refractivity contribution is 0.0730. The lowest BCUT2D eigenvalue weighted by Crippen LogP contribution is -2.19. The molecular weight excluding hydrogens is 443 g/mol. The summed E-state index contributed by atoms with van der Waals surface area (Å²) >= 11 is 0. The molecule has 5 heteroatoms. The molecule has 0 bridgehead atoms. The minimum absolute atomic E-state index is 0.209. The van der Waals surface area contributed by atoms with Gasteiger partial charge in [-0.05, 0) is 29.5 Å². The van der Waals surface area contributed by atoms with Crippen LogP contribution in [0.1, 0.15) is 142 Å². The van der Waals surface area contributed by atoms with E-state index in [1.807, 2.05) is 32.9 Å². The summed E-state index contributed by atoms with van der Waals surface area (Å²) in [5.74, 6) is 0.209. The molecule has 0 heterocycles. The Morgan fingerprint density at radius 1 is 0.735 bits per heavy atom. The van der Waals surface area contributed by atoms with E-state index in [2.05, 4.69) is 6.92 Å². The molecule has 2 unspecified atom stereocenters. The zero-order chi connectivity index (χ0) is 25.1. The van der Waals surface area contributed by atoms with Gasteiger partial charge in [0.2, 0.25) is 0 Å². The Balaban J connectivity index is 1.99. The molecule has 1 rings (SSSR count). The van der Waals surface area contributed by atoms with Crippen molar-refractivity contribution in [1.82, 2.24) is 0 Å². The van der Waals surface area contributed by atoms with Crippen molar-refractivity contribution in [3.05, 3.63) is 29.8 Å². The molecule has 0 fully saturated rings. The number of unbranched alkanes of at least 4 members (excludes halogenated alkanes) is 15. The zero-order valence-corrected chi connectivity index (χ0v) is 23.4. The van der Waals surface area contributed by atoms with Crippen LogP contribution in [0.25, 0.3) is 0 Å². The van der Waals surface area contributed by atoms with Crippen LogP contribution in [0.5, 0.6) is 5.75 Å². The molecule has 0 spiro atoms. The van der Waals surface area contributed by atoms with E-state index < -0.39 is 8.25 Å². The van der Waals surface area contributed by atoms with E-state index in [0.717, 1.165) is 18.4 Å². The third-order valence-corrected chi connectivity index (χ3v) is 7.14. The van der Waals surface area contributed by atoms with E-state index in [1.165, 1.54) is 89.9 Å². The summed E-state index contributed by atoms with van der Waals surface area (Å²) in [6.45, 7) is 8.88. The van der Waals surface area contributed by atoms with Crippen LogP contribution in [0.15, 0.2) is 24.3 Å². The highest BCUT2D eigenvalue weighted by molar-refractivity contribution is 7.33. The van der Waals surface area contributed by atoms with Gasteiger partial charge in [0.15, 0.2) is 0 Å². The summed E-state index contributed by atoms with van der Waals surface area (Å²) in [6, 6.07) is 6.87.